The van der Waals surface area contributed by atoms with E-state index in [0.29, 0.717) is 24.0 Å². The molecule has 2 heterocycles. The van der Waals surface area contributed by atoms with E-state index in [1.165, 1.54) is 5.56 Å². The normalized spacial score (nSPS) is 10.6. The van der Waals surface area contributed by atoms with E-state index in [4.69, 9.17) is 8.94 Å². The summed E-state index contributed by atoms with van der Waals surface area (Å²) in [5, 5.41) is 7.09. The lowest BCUT2D eigenvalue weighted by Gasteiger charge is -2.02. The van der Waals surface area contributed by atoms with Gasteiger partial charge >= 0.3 is 0 Å². The summed E-state index contributed by atoms with van der Waals surface area (Å²) in [6, 6.07) is 11.7. The molecule has 5 heteroatoms. The van der Waals surface area contributed by atoms with Crippen LogP contribution in [0.3, 0.4) is 0 Å². The van der Waals surface area contributed by atoms with Gasteiger partial charge in [-0.05, 0) is 31.2 Å². The van der Waals surface area contributed by atoms with E-state index in [-0.39, 0.29) is 0 Å². The second-order valence-corrected chi connectivity index (χ2v) is 4.21. The Morgan fingerprint density at radius 1 is 1.16 bits per heavy atom. The Labute approximate surface area is 110 Å². The number of anilines is 1. The number of aromatic nitrogens is 2. The van der Waals surface area contributed by atoms with Crippen molar-refractivity contribution in [1.82, 2.24) is 10.1 Å². The third-order valence-corrected chi connectivity index (χ3v) is 2.70. The third kappa shape index (κ3) is 2.65. The first kappa shape index (κ1) is 11.5. The number of rotatable bonds is 4. The molecule has 0 radical (unpaired) electrons. The number of hydrogen-bond donors (Lipinski definition) is 1. The van der Waals surface area contributed by atoms with Crippen molar-refractivity contribution in [3.05, 3.63) is 54.1 Å². The average Bonchev–Trinajstić information content (AvgIpc) is 3.09. The van der Waals surface area contributed by atoms with Crippen LogP contribution in [0.2, 0.25) is 0 Å². The molecule has 1 aromatic carbocycles. The molecule has 0 amide bonds. The first-order chi connectivity index (χ1) is 9.31. The van der Waals surface area contributed by atoms with Crippen molar-refractivity contribution >= 4 is 5.69 Å². The summed E-state index contributed by atoms with van der Waals surface area (Å²) in [5.74, 6) is 1.59. The molecule has 0 aliphatic rings. The SMILES string of the molecule is Cc1ccc(NCc2nc(-c3ccco3)no2)cc1. The Morgan fingerprint density at radius 3 is 2.74 bits per heavy atom. The summed E-state index contributed by atoms with van der Waals surface area (Å²) in [4.78, 5) is 4.25. The zero-order chi connectivity index (χ0) is 13.1. The number of furan rings is 1. The van der Waals surface area contributed by atoms with E-state index in [2.05, 4.69) is 22.4 Å². The van der Waals surface area contributed by atoms with Crippen LogP contribution in [0.15, 0.2) is 51.6 Å². The molecule has 0 atom stereocenters. The van der Waals surface area contributed by atoms with E-state index in [0.717, 1.165) is 5.69 Å². The first-order valence-corrected chi connectivity index (χ1v) is 5.98. The monoisotopic (exact) mass is 255 g/mol. The van der Waals surface area contributed by atoms with Gasteiger partial charge in [0.2, 0.25) is 11.7 Å². The van der Waals surface area contributed by atoms with Crippen molar-refractivity contribution < 1.29 is 8.94 Å². The highest BCUT2D eigenvalue weighted by Crippen LogP contribution is 2.16. The molecule has 3 aromatic rings. The molecule has 3 rings (SSSR count). The average molecular weight is 255 g/mol. The van der Waals surface area contributed by atoms with Crippen LogP contribution in [-0.4, -0.2) is 10.1 Å². The van der Waals surface area contributed by atoms with Crippen LogP contribution in [0, 0.1) is 6.92 Å². The van der Waals surface area contributed by atoms with Gasteiger partial charge in [0, 0.05) is 5.69 Å². The third-order valence-electron chi connectivity index (χ3n) is 2.70. The molecule has 0 saturated carbocycles. The van der Waals surface area contributed by atoms with Crippen LogP contribution < -0.4 is 5.32 Å². The molecule has 2 aromatic heterocycles. The number of benzene rings is 1. The van der Waals surface area contributed by atoms with Crippen molar-refractivity contribution in [2.24, 2.45) is 0 Å². The van der Waals surface area contributed by atoms with Gasteiger partial charge in [-0.3, -0.25) is 0 Å². The zero-order valence-corrected chi connectivity index (χ0v) is 10.5. The van der Waals surface area contributed by atoms with Gasteiger partial charge in [0.1, 0.15) is 0 Å². The maximum atomic E-state index is 5.20. The molecule has 19 heavy (non-hydrogen) atoms. The second kappa shape index (κ2) is 4.97. The van der Waals surface area contributed by atoms with Gasteiger partial charge in [-0.2, -0.15) is 4.98 Å². The van der Waals surface area contributed by atoms with Gasteiger partial charge in [0.05, 0.1) is 12.8 Å². The maximum Gasteiger partial charge on any atom is 0.246 e. The predicted molar refractivity (Wildman–Crippen MR) is 70.5 cm³/mol. The van der Waals surface area contributed by atoms with Crippen LogP contribution in [0.25, 0.3) is 11.6 Å². The molecule has 96 valence electrons. The van der Waals surface area contributed by atoms with Crippen molar-refractivity contribution in [3.8, 4) is 11.6 Å². The van der Waals surface area contributed by atoms with E-state index in [1.807, 2.05) is 24.3 Å². The van der Waals surface area contributed by atoms with E-state index >= 15 is 0 Å². The molecule has 0 fully saturated rings. The number of nitrogens with one attached hydrogen (secondary N) is 1. The zero-order valence-electron chi connectivity index (χ0n) is 10.5. The molecular formula is C14H13N3O2. The van der Waals surface area contributed by atoms with E-state index in [1.54, 1.807) is 18.4 Å². The van der Waals surface area contributed by atoms with Gasteiger partial charge in [-0.25, -0.2) is 0 Å². The summed E-state index contributed by atoms with van der Waals surface area (Å²) in [6.45, 7) is 2.54. The molecular weight excluding hydrogens is 242 g/mol. The molecule has 0 spiro atoms. The fourth-order valence-electron chi connectivity index (χ4n) is 1.68. The van der Waals surface area contributed by atoms with E-state index < -0.39 is 0 Å². The topological polar surface area (TPSA) is 64.1 Å². The Balaban J connectivity index is 1.66. The van der Waals surface area contributed by atoms with Crippen LogP contribution in [-0.2, 0) is 6.54 Å². The predicted octanol–water partition coefficient (Wildman–Crippen LogP) is 3.25. The highest BCUT2D eigenvalue weighted by molar-refractivity contribution is 5.46. The lowest BCUT2D eigenvalue weighted by Crippen LogP contribution is -1.99. The molecule has 0 saturated heterocycles. The van der Waals surface area contributed by atoms with Crippen molar-refractivity contribution in [3.63, 3.8) is 0 Å². The lowest BCUT2D eigenvalue weighted by molar-refractivity contribution is 0.382. The van der Waals surface area contributed by atoms with Gasteiger partial charge < -0.3 is 14.3 Å². The van der Waals surface area contributed by atoms with Crippen LogP contribution in [0.4, 0.5) is 5.69 Å². The lowest BCUT2D eigenvalue weighted by atomic mass is 10.2. The standard InChI is InChI=1S/C14H13N3O2/c1-10-4-6-11(7-5-10)15-9-13-16-14(17-19-13)12-3-2-8-18-12/h2-8,15H,9H2,1H3. The van der Waals surface area contributed by atoms with Gasteiger partial charge in [0.15, 0.2) is 5.76 Å². The van der Waals surface area contributed by atoms with Crippen molar-refractivity contribution in [2.75, 3.05) is 5.32 Å². The summed E-state index contributed by atoms with van der Waals surface area (Å²) in [6.07, 6.45) is 1.58. The minimum atomic E-state index is 0.464. The summed E-state index contributed by atoms with van der Waals surface area (Å²) in [7, 11) is 0. The highest BCUT2D eigenvalue weighted by atomic mass is 16.5. The summed E-state index contributed by atoms with van der Waals surface area (Å²) in [5.41, 5.74) is 2.24. The quantitative estimate of drug-likeness (QED) is 0.775. The molecule has 0 aliphatic heterocycles. The second-order valence-electron chi connectivity index (χ2n) is 4.21. The smallest absolute Gasteiger partial charge is 0.246 e. The fraction of sp³-hybridized carbons (Fsp3) is 0.143. The Hall–Kier alpha value is -2.56. The van der Waals surface area contributed by atoms with Crippen LogP contribution >= 0.6 is 0 Å². The molecule has 5 nitrogen and oxygen atoms in total. The molecule has 0 aliphatic carbocycles. The maximum absolute atomic E-state index is 5.20. The first-order valence-electron chi connectivity index (χ1n) is 5.98. The van der Waals surface area contributed by atoms with Crippen molar-refractivity contribution in [1.29, 1.82) is 0 Å². The summed E-state index contributed by atoms with van der Waals surface area (Å²) >= 11 is 0. The van der Waals surface area contributed by atoms with Gasteiger partial charge in [0.25, 0.3) is 0 Å². The van der Waals surface area contributed by atoms with E-state index in [9.17, 15) is 0 Å². The van der Waals surface area contributed by atoms with Crippen molar-refractivity contribution in [2.45, 2.75) is 13.5 Å². The summed E-state index contributed by atoms with van der Waals surface area (Å²) < 4.78 is 10.4. The molecule has 0 unspecified atom stereocenters. The molecule has 1 N–H and O–H groups in total. The Kier molecular flexibility index (Phi) is 3.02. The van der Waals surface area contributed by atoms with Crippen LogP contribution in [0.1, 0.15) is 11.5 Å². The van der Waals surface area contributed by atoms with Crippen LogP contribution in [0.5, 0.6) is 0 Å². The number of nitrogens with zero attached hydrogens (tertiary/aromatic N) is 2. The number of aryl methyl sites for hydroxylation is 1. The number of hydrogen-bond acceptors (Lipinski definition) is 5. The molecule has 0 bridgehead atoms. The van der Waals surface area contributed by atoms with Gasteiger partial charge in [-0.15, -0.1) is 0 Å². The van der Waals surface area contributed by atoms with Gasteiger partial charge in [-0.1, -0.05) is 22.9 Å². The minimum Gasteiger partial charge on any atom is -0.461 e. The fourth-order valence-corrected chi connectivity index (χ4v) is 1.68. The minimum absolute atomic E-state index is 0.464. The Bertz CT molecular complexity index is 642. The highest BCUT2D eigenvalue weighted by Gasteiger charge is 2.10. The Morgan fingerprint density at radius 2 is 2.00 bits per heavy atom. The largest absolute Gasteiger partial charge is 0.461 e.